The van der Waals surface area contributed by atoms with E-state index in [0.29, 0.717) is 0 Å². The molecule has 13 heavy (non-hydrogen) atoms. The van der Waals surface area contributed by atoms with Crippen molar-refractivity contribution < 1.29 is 5.11 Å². The van der Waals surface area contributed by atoms with Crippen LogP contribution in [0.1, 0.15) is 22.7 Å². The molecule has 3 N–H and O–H groups in total. The molecule has 1 aromatic rings. The van der Waals surface area contributed by atoms with Crippen LogP contribution < -0.4 is 5.73 Å². The van der Waals surface area contributed by atoms with Crippen LogP contribution in [0.5, 0.6) is 0 Å². The number of aryl methyl sites for hydroxylation is 2. The van der Waals surface area contributed by atoms with E-state index in [1.807, 2.05) is 26.0 Å². The van der Waals surface area contributed by atoms with E-state index in [1.165, 1.54) is 5.56 Å². The lowest BCUT2D eigenvalue weighted by atomic mass is 10.0. The monoisotopic (exact) mass is 201 g/mol. The molecule has 0 heterocycles. The zero-order chi connectivity index (χ0) is 9.14. The van der Waals surface area contributed by atoms with E-state index in [1.54, 1.807) is 0 Å². The number of benzene rings is 1. The van der Waals surface area contributed by atoms with E-state index in [-0.39, 0.29) is 25.1 Å². The number of hydrogen-bond donors (Lipinski definition) is 2. The molecule has 0 aliphatic rings. The molecule has 1 aromatic carbocycles. The van der Waals surface area contributed by atoms with E-state index < -0.39 is 0 Å². The zero-order valence-electron chi connectivity index (χ0n) is 7.95. The van der Waals surface area contributed by atoms with Gasteiger partial charge in [-0.15, -0.1) is 12.4 Å². The van der Waals surface area contributed by atoms with Crippen molar-refractivity contribution in [2.45, 2.75) is 19.9 Å². The molecule has 0 saturated carbocycles. The van der Waals surface area contributed by atoms with Gasteiger partial charge in [0, 0.05) is 0 Å². The number of aliphatic hydroxyl groups is 1. The summed E-state index contributed by atoms with van der Waals surface area (Å²) >= 11 is 0. The summed E-state index contributed by atoms with van der Waals surface area (Å²) in [6.07, 6.45) is 0. The SMILES string of the molecule is Cc1ccc(C(N)CO)c(C)c1.Cl. The molecule has 2 nitrogen and oxygen atoms in total. The van der Waals surface area contributed by atoms with Gasteiger partial charge in [-0.05, 0) is 25.0 Å². The maximum absolute atomic E-state index is 8.86. The van der Waals surface area contributed by atoms with Crippen LogP contribution in [0.2, 0.25) is 0 Å². The molecule has 74 valence electrons. The highest BCUT2D eigenvalue weighted by Gasteiger charge is 2.06. The predicted octanol–water partition coefficient (Wildman–Crippen LogP) is 1.72. The van der Waals surface area contributed by atoms with Crippen LogP contribution >= 0.6 is 12.4 Å². The topological polar surface area (TPSA) is 46.2 Å². The molecule has 0 saturated heterocycles. The van der Waals surface area contributed by atoms with Crippen LogP contribution in [-0.2, 0) is 0 Å². The summed E-state index contributed by atoms with van der Waals surface area (Å²) in [5.74, 6) is 0. The van der Waals surface area contributed by atoms with Crippen LogP contribution in [0.15, 0.2) is 18.2 Å². The second-order valence-electron chi connectivity index (χ2n) is 3.15. The average Bonchev–Trinajstić information content (AvgIpc) is 2.03. The molecule has 0 aliphatic carbocycles. The van der Waals surface area contributed by atoms with Gasteiger partial charge in [0.15, 0.2) is 0 Å². The Bertz CT molecular complexity index is 276. The van der Waals surface area contributed by atoms with E-state index in [0.717, 1.165) is 11.1 Å². The first-order valence-corrected chi connectivity index (χ1v) is 4.08. The van der Waals surface area contributed by atoms with Gasteiger partial charge in [0.1, 0.15) is 0 Å². The van der Waals surface area contributed by atoms with E-state index in [9.17, 15) is 0 Å². The summed E-state index contributed by atoms with van der Waals surface area (Å²) in [7, 11) is 0. The number of aliphatic hydroxyl groups excluding tert-OH is 1. The van der Waals surface area contributed by atoms with Crippen molar-refractivity contribution in [1.82, 2.24) is 0 Å². The maximum Gasteiger partial charge on any atom is 0.0624 e. The van der Waals surface area contributed by atoms with Crippen LogP contribution in [0.4, 0.5) is 0 Å². The lowest BCUT2D eigenvalue weighted by molar-refractivity contribution is 0.267. The van der Waals surface area contributed by atoms with Crippen molar-refractivity contribution in [3.05, 3.63) is 34.9 Å². The van der Waals surface area contributed by atoms with Crippen LogP contribution in [0.25, 0.3) is 0 Å². The van der Waals surface area contributed by atoms with Crippen LogP contribution in [0.3, 0.4) is 0 Å². The summed E-state index contributed by atoms with van der Waals surface area (Å²) in [5, 5.41) is 8.86. The lowest BCUT2D eigenvalue weighted by Crippen LogP contribution is -2.15. The molecular formula is C10H16ClNO. The second kappa shape index (κ2) is 5.22. The summed E-state index contributed by atoms with van der Waals surface area (Å²) < 4.78 is 0. The van der Waals surface area contributed by atoms with Gasteiger partial charge in [0.2, 0.25) is 0 Å². The molecule has 0 amide bonds. The Morgan fingerprint density at radius 2 is 2.00 bits per heavy atom. The second-order valence-corrected chi connectivity index (χ2v) is 3.15. The first-order chi connectivity index (χ1) is 5.65. The van der Waals surface area contributed by atoms with Gasteiger partial charge in [0.05, 0.1) is 12.6 Å². The van der Waals surface area contributed by atoms with Crippen molar-refractivity contribution in [3.63, 3.8) is 0 Å². The number of nitrogens with two attached hydrogens (primary N) is 1. The zero-order valence-corrected chi connectivity index (χ0v) is 8.77. The highest BCUT2D eigenvalue weighted by Crippen LogP contribution is 2.16. The standard InChI is InChI=1S/C10H15NO.ClH/c1-7-3-4-9(8(2)5-7)10(11)6-12;/h3-5,10,12H,6,11H2,1-2H3;1H. The van der Waals surface area contributed by atoms with Gasteiger partial charge in [-0.25, -0.2) is 0 Å². The smallest absolute Gasteiger partial charge is 0.0624 e. The van der Waals surface area contributed by atoms with E-state index >= 15 is 0 Å². The minimum absolute atomic E-state index is 0. The third kappa shape index (κ3) is 2.99. The Morgan fingerprint density at radius 3 is 2.46 bits per heavy atom. The molecule has 0 aromatic heterocycles. The summed E-state index contributed by atoms with van der Waals surface area (Å²) in [6, 6.07) is 5.82. The fourth-order valence-electron chi connectivity index (χ4n) is 1.34. The molecular weight excluding hydrogens is 186 g/mol. The molecule has 0 radical (unpaired) electrons. The number of halogens is 1. The fraction of sp³-hybridized carbons (Fsp3) is 0.400. The van der Waals surface area contributed by atoms with Gasteiger partial charge in [-0.1, -0.05) is 23.8 Å². The Kier molecular flexibility index (Phi) is 4.99. The molecule has 1 atom stereocenters. The molecule has 0 bridgehead atoms. The van der Waals surface area contributed by atoms with Crippen molar-refractivity contribution in [1.29, 1.82) is 0 Å². The van der Waals surface area contributed by atoms with Crippen molar-refractivity contribution in [2.75, 3.05) is 6.61 Å². The molecule has 0 aliphatic heterocycles. The molecule has 3 heteroatoms. The number of rotatable bonds is 2. The Hall–Kier alpha value is -0.570. The van der Waals surface area contributed by atoms with E-state index in [4.69, 9.17) is 10.8 Å². The maximum atomic E-state index is 8.86. The molecule has 0 fully saturated rings. The van der Waals surface area contributed by atoms with Gasteiger partial charge in [-0.2, -0.15) is 0 Å². The Labute approximate surface area is 85.2 Å². The van der Waals surface area contributed by atoms with Crippen molar-refractivity contribution >= 4 is 12.4 Å². The van der Waals surface area contributed by atoms with Crippen LogP contribution in [0, 0.1) is 13.8 Å². The third-order valence-corrected chi connectivity index (χ3v) is 2.02. The Balaban J connectivity index is 0.00000144. The quantitative estimate of drug-likeness (QED) is 0.766. The number of hydrogen-bond acceptors (Lipinski definition) is 2. The first kappa shape index (κ1) is 12.4. The largest absolute Gasteiger partial charge is 0.394 e. The van der Waals surface area contributed by atoms with Gasteiger partial charge < -0.3 is 10.8 Å². The molecule has 1 unspecified atom stereocenters. The fourth-order valence-corrected chi connectivity index (χ4v) is 1.34. The van der Waals surface area contributed by atoms with Gasteiger partial charge in [-0.3, -0.25) is 0 Å². The van der Waals surface area contributed by atoms with Crippen LogP contribution in [-0.4, -0.2) is 11.7 Å². The minimum Gasteiger partial charge on any atom is -0.394 e. The highest BCUT2D eigenvalue weighted by molar-refractivity contribution is 5.85. The molecule has 0 spiro atoms. The first-order valence-electron chi connectivity index (χ1n) is 4.08. The average molecular weight is 202 g/mol. The van der Waals surface area contributed by atoms with Gasteiger partial charge in [0.25, 0.3) is 0 Å². The van der Waals surface area contributed by atoms with Crippen molar-refractivity contribution in [2.24, 2.45) is 5.73 Å². The Morgan fingerprint density at radius 1 is 1.38 bits per heavy atom. The predicted molar refractivity (Wildman–Crippen MR) is 57.2 cm³/mol. The highest BCUT2D eigenvalue weighted by atomic mass is 35.5. The minimum atomic E-state index is -0.245. The summed E-state index contributed by atoms with van der Waals surface area (Å²) in [4.78, 5) is 0. The summed E-state index contributed by atoms with van der Waals surface area (Å²) in [6.45, 7) is 4.06. The molecule has 1 rings (SSSR count). The normalized spacial score (nSPS) is 12.0. The summed E-state index contributed by atoms with van der Waals surface area (Å²) in [5.41, 5.74) is 9.10. The van der Waals surface area contributed by atoms with Gasteiger partial charge >= 0.3 is 0 Å². The van der Waals surface area contributed by atoms with Crippen molar-refractivity contribution in [3.8, 4) is 0 Å². The van der Waals surface area contributed by atoms with E-state index in [2.05, 4.69) is 6.07 Å². The third-order valence-electron chi connectivity index (χ3n) is 2.02. The lowest BCUT2D eigenvalue weighted by Gasteiger charge is -2.11.